The van der Waals surface area contributed by atoms with Crippen molar-refractivity contribution in [3.8, 4) is 0 Å². The van der Waals surface area contributed by atoms with Crippen LogP contribution in [0, 0.1) is 5.82 Å². The second-order valence-electron chi connectivity index (χ2n) is 6.78. The summed E-state index contributed by atoms with van der Waals surface area (Å²) >= 11 is 6.30. The largest absolute Gasteiger partial charge is 0.354 e. The number of fused-ring (bicyclic) bond motifs is 1. The molecule has 27 heavy (non-hydrogen) atoms. The van der Waals surface area contributed by atoms with Gasteiger partial charge in [-0.15, -0.1) is 0 Å². The zero-order valence-corrected chi connectivity index (χ0v) is 15.9. The van der Waals surface area contributed by atoms with Crippen LogP contribution in [0.2, 0.25) is 5.02 Å². The highest BCUT2D eigenvalue weighted by Crippen LogP contribution is 2.33. The Morgan fingerprint density at radius 2 is 2.07 bits per heavy atom. The Bertz CT molecular complexity index is 872. The van der Waals surface area contributed by atoms with E-state index in [1.54, 1.807) is 6.07 Å². The molecule has 0 saturated carbocycles. The number of halogens is 2. The molecule has 7 heteroatoms. The van der Waals surface area contributed by atoms with Crippen LogP contribution >= 0.6 is 11.6 Å². The van der Waals surface area contributed by atoms with Gasteiger partial charge in [-0.3, -0.25) is 9.59 Å². The Kier molecular flexibility index (Phi) is 5.77. The van der Waals surface area contributed by atoms with Gasteiger partial charge in [0, 0.05) is 23.7 Å². The van der Waals surface area contributed by atoms with Gasteiger partial charge in [-0.25, -0.2) is 4.39 Å². The fraction of sp³-hybridized carbons (Fsp3) is 0.300. The number of carbonyl (C=O) groups excluding carboxylic acids is 2. The van der Waals surface area contributed by atoms with Crippen LogP contribution in [0.4, 0.5) is 10.1 Å². The van der Waals surface area contributed by atoms with Crippen LogP contribution in [0.25, 0.3) is 0 Å². The van der Waals surface area contributed by atoms with E-state index in [2.05, 4.69) is 10.6 Å². The molecule has 0 aromatic heterocycles. The lowest BCUT2D eigenvalue weighted by Gasteiger charge is -2.28. The van der Waals surface area contributed by atoms with E-state index in [1.807, 2.05) is 43.3 Å². The van der Waals surface area contributed by atoms with Gasteiger partial charge in [-0.2, -0.15) is 0 Å². The summed E-state index contributed by atoms with van der Waals surface area (Å²) in [5.74, 6) is -1.68. The zero-order chi connectivity index (χ0) is 19.6. The molecule has 0 spiro atoms. The molecule has 1 heterocycles. The number of benzene rings is 2. The molecule has 1 aliphatic rings. The number of rotatable bonds is 5. The summed E-state index contributed by atoms with van der Waals surface area (Å²) in [6.07, 6.45) is 0.0309. The van der Waals surface area contributed by atoms with Crippen molar-refractivity contribution in [3.05, 3.63) is 64.4 Å². The summed E-state index contributed by atoms with van der Waals surface area (Å²) in [6.45, 7) is 0.338. The molecule has 2 unspecified atom stereocenters. The molecule has 0 aliphatic carbocycles. The van der Waals surface area contributed by atoms with E-state index < -0.39 is 11.7 Å². The predicted molar refractivity (Wildman–Crippen MR) is 103 cm³/mol. The Balaban J connectivity index is 1.77. The van der Waals surface area contributed by atoms with Gasteiger partial charge < -0.3 is 15.5 Å². The molecule has 2 N–H and O–H groups in total. The highest BCUT2D eigenvalue weighted by molar-refractivity contribution is 6.31. The van der Waals surface area contributed by atoms with Crippen LogP contribution in [0.3, 0.4) is 0 Å². The van der Waals surface area contributed by atoms with Gasteiger partial charge in [0.15, 0.2) is 0 Å². The second-order valence-corrected chi connectivity index (χ2v) is 7.19. The third kappa shape index (κ3) is 4.28. The van der Waals surface area contributed by atoms with E-state index in [1.165, 1.54) is 12.1 Å². The van der Waals surface area contributed by atoms with Gasteiger partial charge in [0.2, 0.25) is 11.8 Å². The summed E-state index contributed by atoms with van der Waals surface area (Å²) in [5, 5.41) is 6.17. The minimum Gasteiger partial charge on any atom is -0.354 e. The number of nitrogens with one attached hydrogen (secondary N) is 2. The smallest absolute Gasteiger partial charge is 0.228 e. The highest BCUT2D eigenvalue weighted by atomic mass is 35.5. The van der Waals surface area contributed by atoms with E-state index in [0.29, 0.717) is 22.8 Å². The van der Waals surface area contributed by atoms with E-state index in [9.17, 15) is 14.0 Å². The van der Waals surface area contributed by atoms with Gasteiger partial charge in [-0.05, 0) is 43.4 Å². The number of carbonyl (C=O) groups is 2. The summed E-state index contributed by atoms with van der Waals surface area (Å²) < 4.78 is 13.4. The van der Waals surface area contributed by atoms with E-state index in [4.69, 9.17) is 11.6 Å². The number of nitrogens with zero attached hydrogens (tertiary/aromatic N) is 1. The van der Waals surface area contributed by atoms with Crippen molar-refractivity contribution in [2.45, 2.75) is 18.4 Å². The van der Waals surface area contributed by atoms with Crippen molar-refractivity contribution in [1.82, 2.24) is 10.2 Å². The molecule has 0 radical (unpaired) electrons. The predicted octanol–water partition coefficient (Wildman–Crippen LogP) is 3.32. The van der Waals surface area contributed by atoms with Gasteiger partial charge >= 0.3 is 0 Å². The number of amides is 2. The van der Waals surface area contributed by atoms with Gasteiger partial charge in [0.05, 0.1) is 12.0 Å². The molecule has 0 bridgehead atoms. The van der Waals surface area contributed by atoms with Crippen LogP contribution in [0.5, 0.6) is 0 Å². The molecule has 2 amide bonds. The molecule has 2 aromatic carbocycles. The lowest BCUT2D eigenvalue weighted by atomic mass is 9.89. The number of anilines is 1. The van der Waals surface area contributed by atoms with E-state index in [0.717, 1.165) is 5.56 Å². The lowest BCUT2D eigenvalue weighted by Crippen LogP contribution is -2.39. The fourth-order valence-corrected chi connectivity index (χ4v) is 3.57. The first-order valence-electron chi connectivity index (χ1n) is 8.64. The standard InChI is InChI=1S/C20H21ClFN3O2/c1-25(2)18(14-5-3-4-6-16(14)21)11-23-20(27)15-10-19(26)24-17-9-12(22)7-8-13(15)17/h3-9,15,18H,10-11H2,1-2H3,(H,23,27)(H,24,26). The Labute approximate surface area is 162 Å². The average Bonchev–Trinajstić information content (AvgIpc) is 2.61. The Hall–Kier alpha value is -2.44. The molecule has 142 valence electrons. The maximum absolute atomic E-state index is 13.4. The Morgan fingerprint density at radius 1 is 1.33 bits per heavy atom. The second kappa shape index (κ2) is 8.06. The summed E-state index contributed by atoms with van der Waals surface area (Å²) in [4.78, 5) is 26.7. The van der Waals surface area contributed by atoms with Crippen LogP contribution in [-0.4, -0.2) is 37.4 Å². The molecule has 0 fully saturated rings. The SMILES string of the molecule is CN(C)C(CNC(=O)C1CC(=O)Nc2cc(F)ccc21)c1ccccc1Cl. The quantitative estimate of drug-likeness (QED) is 0.824. The van der Waals surface area contributed by atoms with Crippen molar-refractivity contribution >= 4 is 29.1 Å². The molecule has 2 atom stereocenters. The van der Waals surface area contributed by atoms with Crippen LogP contribution < -0.4 is 10.6 Å². The van der Waals surface area contributed by atoms with Crippen LogP contribution in [0.15, 0.2) is 42.5 Å². The molecule has 0 saturated heterocycles. The normalized spacial score (nSPS) is 17.2. The van der Waals surface area contributed by atoms with Crippen molar-refractivity contribution in [2.24, 2.45) is 0 Å². The fourth-order valence-electron chi connectivity index (χ4n) is 3.31. The van der Waals surface area contributed by atoms with Crippen LogP contribution in [-0.2, 0) is 9.59 Å². The van der Waals surface area contributed by atoms with Crippen molar-refractivity contribution in [2.75, 3.05) is 26.0 Å². The lowest BCUT2D eigenvalue weighted by molar-refractivity contribution is -0.126. The van der Waals surface area contributed by atoms with Gasteiger partial charge in [-0.1, -0.05) is 35.9 Å². The average molecular weight is 390 g/mol. The third-order valence-electron chi connectivity index (χ3n) is 4.73. The number of hydrogen-bond acceptors (Lipinski definition) is 3. The topological polar surface area (TPSA) is 61.4 Å². The molecule has 2 aromatic rings. The minimum absolute atomic E-state index is 0.0309. The van der Waals surface area contributed by atoms with Gasteiger partial charge in [0.1, 0.15) is 5.82 Å². The van der Waals surface area contributed by atoms with Gasteiger partial charge in [0.25, 0.3) is 0 Å². The maximum Gasteiger partial charge on any atom is 0.228 e. The zero-order valence-electron chi connectivity index (χ0n) is 15.1. The first kappa shape index (κ1) is 19.3. The van der Waals surface area contributed by atoms with Crippen LogP contribution in [0.1, 0.15) is 29.5 Å². The summed E-state index contributed by atoms with van der Waals surface area (Å²) in [7, 11) is 3.82. The summed E-state index contributed by atoms with van der Waals surface area (Å²) in [6, 6.07) is 11.4. The minimum atomic E-state index is -0.650. The third-order valence-corrected chi connectivity index (χ3v) is 5.07. The molecule has 5 nitrogen and oxygen atoms in total. The molecular weight excluding hydrogens is 369 g/mol. The monoisotopic (exact) mass is 389 g/mol. The van der Waals surface area contributed by atoms with E-state index in [-0.39, 0.29) is 24.3 Å². The molecule has 3 rings (SSSR count). The van der Waals surface area contributed by atoms with Crippen molar-refractivity contribution in [1.29, 1.82) is 0 Å². The highest BCUT2D eigenvalue weighted by Gasteiger charge is 2.31. The first-order valence-corrected chi connectivity index (χ1v) is 9.02. The summed E-state index contributed by atoms with van der Waals surface area (Å²) in [5.41, 5.74) is 1.88. The number of likely N-dealkylation sites (N-methyl/N-ethyl adjacent to an activating group) is 1. The van der Waals surface area contributed by atoms with Crippen molar-refractivity contribution < 1.29 is 14.0 Å². The first-order chi connectivity index (χ1) is 12.9. The molecule has 1 aliphatic heterocycles. The van der Waals surface area contributed by atoms with E-state index >= 15 is 0 Å². The van der Waals surface area contributed by atoms with Crippen molar-refractivity contribution in [3.63, 3.8) is 0 Å². The molecular formula is C20H21ClFN3O2. The maximum atomic E-state index is 13.4. The number of hydrogen-bond donors (Lipinski definition) is 2. The Morgan fingerprint density at radius 3 is 2.78 bits per heavy atom.